The second-order valence-corrected chi connectivity index (χ2v) is 6.35. The highest BCUT2D eigenvalue weighted by Gasteiger charge is 2.33. The molecule has 1 aliphatic rings. The highest BCUT2D eigenvalue weighted by Crippen LogP contribution is 2.32. The van der Waals surface area contributed by atoms with Crippen molar-refractivity contribution in [3.8, 4) is 5.75 Å². The molecule has 0 bridgehead atoms. The van der Waals surface area contributed by atoms with E-state index >= 15 is 0 Å². The summed E-state index contributed by atoms with van der Waals surface area (Å²) in [7, 11) is 0. The molecule has 0 radical (unpaired) electrons. The topological polar surface area (TPSA) is 88.4 Å². The first kappa shape index (κ1) is 17.1. The van der Waals surface area contributed by atoms with E-state index in [1.54, 1.807) is 17.2 Å². The summed E-state index contributed by atoms with van der Waals surface area (Å²) in [5.41, 5.74) is -0.441. The monoisotopic (exact) mass is 365 g/mol. The lowest BCUT2D eigenvalue weighted by atomic mass is 10.1. The zero-order valence-electron chi connectivity index (χ0n) is 14.6. The Morgan fingerprint density at radius 3 is 2.85 bits per heavy atom. The van der Waals surface area contributed by atoms with Crippen molar-refractivity contribution in [1.82, 2.24) is 14.9 Å². The van der Waals surface area contributed by atoms with Crippen molar-refractivity contribution in [3.63, 3.8) is 0 Å². The van der Waals surface area contributed by atoms with E-state index in [4.69, 9.17) is 9.15 Å². The molecule has 3 aromatic rings. The minimum atomic E-state index is -0.466. The van der Waals surface area contributed by atoms with E-state index in [1.165, 1.54) is 6.20 Å². The van der Waals surface area contributed by atoms with Crippen LogP contribution >= 0.6 is 0 Å². The Hall–Kier alpha value is -3.35. The number of hydrogen-bond donors (Lipinski definition) is 1. The van der Waals surface area contributed by atoms with Gasteiger partial charge in [0, 0.05) is 12.7 Å². The summed E-state index contributed by atoms with van der Waals surface area (Å²) in [6.07, 6.45) is 4.59. The Kier molecular flexibility index (Phi) is 4.74. The molecule has 7 nitrogen and oxygen atoms in total. The minimum absolute atomic E-state index is 0.0249. The van der Waals surface area contributed by atoms with Gasteiger partial charge in [-0.25, -0.2) is 4.98 Å². The van der Waals surface area contributed by atoms with Crippen molar-refractivity contribution in [2.24, 2.45) is 0 Å². The molecule has 1 saturated heterocycles. The first-order valence-corrected chi connectivity index (χ1v) is 8.83. The van der Waals surface area contributed by atoms with Crippen LogP contribution in [0.25, 0.3) is 0 Å². The number of benzene rings is 1. The van der Waals surface area contributed by atoms with Gasteiger partial charge in [0.05, 0.1) is 12.3 Å². The average Bonchev–Trinajstić information content (AvgIpc) is 3.38. The lowest BCUT2D eigenvalue weighted by Crippen LogP contribution is -2.35. The van der Waals surface area contributed by atoms with Gasteiger partial charge >= 0.3 is 0 Å². The molecule has 0 unspecified atom stereocenters. The molecule has 1 amide bonds. The van der Waals surface area contributed by atoms with Crippen LogP contribution in [0.5, 0.6) is 5.75 Å². The number of hydrogen-bond acceptors (Lipinski definition) is 5. The summed E-state index contributed by atoms with van der Waals surface area (Å²) < 4.78 is 11.0. The van der Waals surface area contributed by atoms with Crippen molar-refractivity contribution in [3.05, 3.63) is 82.4 Å². The predicted molar refractivity (Wildman–Crippen MR) is 97.4 cm³/mol. The van der Waals surface area contributed by atoms with Crippen molar-refractivity contribution in [2.75, 3.05) is 6.54 Å². The lowest BCUT2D eigenvalue weighted by molar-refractivity contribution is 0.0717. The number of likely N-dealkylation sites (tertiary alicyclic amines) is 1. The Bertz CT molecular complexity index is 966. The van der Waals surface area contributed by atoms with Gasteiger partial charge in [-0.05, 0) is 37.1 Å². The molecule has 4 rings (SSSR count). The number of rotatable bonds is 5. The number of aromatic amines is 1. The van der Waals surface area contributed by atoms with Crippen molar-refractivity contribution >= 4 is 5.91 Å². The molecule has 0 aliphatic carbocycles. The van der Waals surface area contributed by atoms with Gasteiger partial charge in [-0.2, -0.15) is 0 Å². The predicted octanol–water partition coefficient (Wildman–Crippen LogP) is 2.92. The molecule has 0 spiro atoms. The number of aromatic nitrogens is 2. The summed E-state index contributed by atoms with van der Waals surface area (Å²) in [4.78, 5) is 33.8. The van der Waals surface area contributed by atoms with Gasteiger partial charge in [-0.15, -0.1) is 0 Å². The van der Waals surface area contributed by atoms with E-state index in [-0.39, 0.29) is 24.1 Å². The van der Waals surface area contributed by atoms with Gasteiger partial charge in [-0.1, -0.05) is 18.2 Å². The Balaban J connectivity index is 1.49. The van der Waals surface area contributed by atoms with Crippen LogP contribution < -0.4 is 10.3 Å². The fourth-order valence-electron chi connectivity index (χ4n) is 3.27. The van der Waals surface area contributed by atoms with Crippen LogP contribution in [0.15, 0.2) is 64.1 Å². The lowest BCUT2D eigenvalue weighted by Gasteiger charge is -2.22. The molecule has 1 aliphatic heterocycles. The summed E-state index contributed by atoms with van der Waals surface area (Å²) in [5.74, 6) is 1.44. The van der Waals surface area contributed by atoms with Gasteiger partial charge in [-0.3, -0.25) is 9.59 Å². The largest absolute Gasteiger partial charge is 0.486 e. The summed E-state index contributed by atoms with van der Waals surface area (Å²) in [5, 5.41) is 0. The number of nitrogens with zero attached hydrogens (tertiary/aromatic N) is 2. The quantitative estimate of drug-likeness (QED) is 0.751. The van der Waals surface area contributed by atoms with E-state index in [2.05, 4.69) is 9.97 Å². The molecule has 27 heavy (non-hydrogen) atoms. The van der Waals surface area contributed by atoms with Crippen LogP contribution in [0, 0.1) is 0 Å². The van der Waals surface area contributed by atoms with Gasteiger partial charge in [0.2, 0.25) is 0 Å². The zero-order chi connectivity index (χ0) is 18.6. The smallest absolute Gasteiger partial charge is 0.263 e. The maximum Gasteiger partial charge on any atom is 0.263 e. The number of carbonyl (C=O) groups excluding carboxylic acids is 1. The highest BCUT2D eigenvalue weighted by atomic mass is 16.5. The van der Waals surface area contributed by atoms with E-state index in [9.17, 15) is 9.59 Å². The first-order valence-electron chi connectivity index (χ1n) is 8.83. The fraction of sp³-hybridized carbons (Fsp3) is 0.250. The average molecular weight is 365 g/mol. The maximum atomic E-state index is 12.9. The van der Waals surface area contributed by atoms with Gasteiger partial charge in [0.1, 0.15) is 29.5 Å². The molecule has 2 aromatic heterocycles. The number of carbonyl (C=O) groups is 1. The molecule has 1 N–H and O–H groups in total. The van der Waals surface area contributed by atoms with Crippen molar-refractivity contribution < 1.29 is 13.9 Å². The van der Waals surface area contributed by atoms with Crippen LogP contribution in [0.1, 0.15) is 40.8 Å². The number of para-hydroxylation sites is 1. The number of nitrogens with one attached hydrogen (secondary N) is 1. The molecular formula is C20H19N3O4. The van der Waals surface area contributed by atoms with Crippen LogP contribution in [0.4, 0.5) is 0 Å². The summed E-state index contributed by atoms with van der Waals surface area (Å²) in [6, 6.07) is 12.7. The molecular weight excluding hydrogens is 346 g/mol. The van der Waals surface area contributed by atoms with Crippen LogP contribution in [-0.4, -0.2) is 27.3 Å². The second kappa shape index (κ2) is 7.49. The standard InChI is InChI=1S/C20H19N3O4/c24-19-15(12-21-18(22-19)13-27-14-6-2-1-3-7-14)20(25)23-10-4-8-16(23)17-9-5-11-26-17/h1-3,5-7,9,11-12,16H,4,8,10,13H2,(H,21,22,24)/t16-/m1/s1. The van der Waals surface area contributed by atoms with Gasteiger partial charge in [0.15, 0.2) is 0 Å². The Morgan fingerprint density at radius 1 is 1.26 bits per heavy atom. The first-order chi connectivity index (χ1) is 13.2. The summed E-state index contributed by atoms with van der Waals surface area (Å²) in [6.45, 7) is 0.703. The zero-order valence-corrected chi connectivity index (χ0v) is 14.6. The highest BCUT2D eigenvalue weighted by molar-refractivity contribution is 5.94. The number of amides is 1. The Morgan fingerprint density at radius 2 is 2.11 bits per heavy atom. The second-order valence-electron chi connectivity index (χ2n) is 6.35. The van der Waals surface area contributed by atoms with Crippen molar-refractivity contribution in [2.45, 2.75) is 25.5 Å². The van der Waals surface area contributed by atoms with E-state index < -0.39 is 5.56 Å². The third-order valence-corrected chi connectivity index (χ3v) is 4.59. The SMILES string of the molecule is O=C(c1cnc(COc2ccccc2)[nH]c1=O)N1CCC[C@@H]1c1ccco1. The molecule has 0 saturated carbocycles. The normalized spacial score (nSPS) is 16.4. The molecule has 7 heteroatoms. The van der Waals surface area contributed by atoms with Gasteiger partial charge < -0.3 is 19.0 Å². The number of furan rings is 1. The molecule has 138 valence electrons. The van der Waals surface area contributed by atoms with E-state index in [0.29, 0.717) is 18.1 Å². The van der Waals surface area contributed by atoms with E-state index in [0.717, 1.165) is 18.6 Å². The van der Waals surface area contributed by atoms with Crippen molar-refractivity contribution in [1.29, 1.82) is 0 Å². The van der Waals surface area contributed by atoms with Gasteiger partial charge in [0.25, 0.3) is 11.5 Å². The molecule has 3 heterocycles. The summed E-state index contributed by atoms with van der Waals surface area (Å²) >= 11 is 0. The molecule has 1 fully saturated rings. The van der Waals surface area contributed by atoms with Crippen LogP contribution in [0.2, 0.25) is 0 Å². The third-order valence-electron chi connectivity index (χ3n) is 4.59. The van der Waals surface area contributed by atoms with E-state index in [1.807, 2.05) is 36.4 Å². The molecule has 1 aromatic carbocycles. The number of H-pyrrole nitrogens is 1. The minimum Gasteiger partial charge on any atom is -0.486 e. The molecule has 1 atom stereocenters. The van der Waals surface area contributed by atoms with Crippen LogP contribution in [-0.2, 0) is 6.61 Å². The fourth-order valence-corrected chi connectivity index (χ4v) is 3.27. The Labute approximate surface area is 155 Å². The maximum absolute atomic E-state index is 12.9. The third kappa shape index (κ3) is 3.62. The van der Waals surface area contributed by atoms with Crippen LogP contribution in [0.3, 0.4) is 0 Å². The number of ether oxygens (including phenoxy) is 1.